The summed E-state index contributed by atoms with van der Waals surface area (Å²) >= 11 is 5.96. The number of aromatic nitrogens is 4. The minimum atomic E-state index is -3.09. The summed E-state index contributed by atoms with van der Waals surface area (Å²) in [5, 5.41) is 13.6. The van der Waals surface area contributed by atoms with E-state index in [4.69, 9.17) is 22.4 Å². The number of hydrogen-bond acceptors (Lipinski definition) is 7. The maximum Gasteiger partial charge on any atom is 0.238 e. The molecule has 1 aliphatic rings. The highest BCUT2D eigenvalue weighted by atomic mass is 35.5. The van der Waals surface area contributed by atoms with Crippen molar-refractivity contribution in [1.82, 2.24) is 23.9 Å². The first-order valence-electron chi connectivity index (χ1n) is 8.36. The Balaban J connectivity index is 0.000000197. The molecule has 26 heavy (non-hydrogen) atoms. The number of β-amino-alcohol motifs (C(OH)–C–C–N with tert-alkyl or cyclic N) is 1. The summed E-state index contributed by atoms with van der Waals surface area (Å²) in [7, 11) is -3.09. The van der Waals surface area contributed by atoms with Gasteiger partial charge in [0.1, 0.15) is 11.3 Å². The van der Waals surface area contributed by atoms with Crippen molar-refractivity contribution < 1.29 is 13.5 Å². The van der Waals surface area contributed by atoms with Crippen LogP contribution in [0.3, 0.4) is 0 Å². The van der Waals surface area contributed by atoms with Crippen LogP contribution in [0.5, 0.6) is 0 Å². The van der Waals surface area contributed by atoms with E-state index < -0.39 is 16.1 Å². The predicted molar refractivity (Wildman–Crippen MR) is 100 cm³/mol. The topological polar surface area (TPSA) is 127 Å². The number of aliphatic hydroxyl groups is 1. The summed E-state index contributed by atoms with van der Waals surface area (Å²) in [6.45, 7) is 5.04. The minimum Gasteiger partial charge on any atom is -0.392 e. The number of anilines is 1. The number of hydrogen-bond donors (Lipinski definition) is 2. The van der Waals surface area contributed by atoms with Crippen LogP contribution in [-0.4, -0.2) is 62.9 Å². The van der Waals surface area contributed by atoms with E-state index in [1.54, 1.807) is 10.7 Å². The van der Waals surface area contributed by atoms with Crippen molar-refractivity contribution in [2.24, 2.45) is 5.92 Å². The van der Waals surface area contributed by atoms with E-state index in [1.165, 1.54) is 10.6 Å². The quantitative estimate of drug-likeness (QED) is 0.779. The molecule has 3 heterocycles. The first kappa shape index (κ1) is 20.8. The van der Waals surface area contributed by atoms with E-state index in [0.717, 1.165) is 18.7 Å². The van der Waals surface area contributed by atoms with E-state index in [1.807, 2.05) is 0 Å². The predicted octanol–water partition coefficient (Wildman–Crippen LogP) is 0.961. The molecule has 0 saturated carbocycles. The lowest BCUT2D eigenvalue weighted by Gasteiger charge is -2.27. The summed E-state index contributed by atoms with van der Waals surface area (Å²) in [5.41, 5.74) is 6.21. The molecular weight excluding hydrogens is 380 g/mol. The SMILES string of the molecule is CC(C)Cc1nc(Cl)c2cnc(N)nn12.CS(=O)(=O)N1CCCC(O)C1. The van der Waals surface area contributed by atoms with Gasteiger partial charge in [-0.05, 0) is 18.8 Å². The average Bonchev–Trinajstić information content (AvgIpc) is 2.82. The maximum atomic E-state index is 10.9. The first-order chi connectivity index (χ1) is 12.1. The van der Waals surface area contributed by atoms with E-state index in [2.05, 4.69) is 28.9 Å². The molecule has 3 rings (SSSR count). The zero-order valence-electron chi connectivity index (χ0n) is 15.1. The molecule has 1 unspecified atom stereocenters. The molecule has 1 fully saturated rings. The molecule has 0 spiro atoms. The highest BCUT2D eigenvalue weighted by Gasteiger charge is 2.23. The van der Waals surface area contributed by atoms with Crippen molar-refractivity contribution in [2.45, 2.75) is 39.2 Å². The van der Waals surface area contributed by atoms with Crippen LogP contribution in [-0.2, 0) is 16.4 Å². The number of imidazole rings is 1. The zero-order valence-corrected chi connectivity index (χ0v) is 16.7. The smallest absolute Gasteiger partial charge is 0.238 e. The summed E-state index contributed by atoms with van der Waals surface area (Å²) in [6, 6.07) is 0. The third-order valence-electron chi connectivity index (χ3n) is 3.85. The molecule has 0 amide bonds. The number of nitrogens with zero attached hydrogens (tertiary/aromatic N) is 5. The minimum absolute atomic E-state index is 0.224. The zero-order chi connectivity index (χ0) is 19.5. The van der Waals surface area contributed by atoms with Gasteiger partial charge in [0, 0.05) is 19.5 Å². The van der Waals surface area contributed by atoms with Gasteiger partial charge in [-0.25, -0.2) is 22.9 Å². The number of piperidine rings is 1. The van der Waals surface area contributed by atoms with E-state index in [0.29, 0.717) is 29.6 Å². The molecule has 2 aromatic rings. The second-order valence-corrected chi connectivity index (χ2v) is 9.09. The standard InChI is InChI=1S/C9H12ClN5.C6H13NO3S/c1-5(2)3-7-13-8(10)6-4-12-9(11)14-15(6)7;1-11(9,10)7-4-2-3-6(8)5-7/h4-5H,3H2,1-2H3,(H2,11,14);6,8H,2-5H2,1H3. The Morgan fingerprint density at radius 3 is 2.69 bits per heavy atom. The van der Waals surface area contributed by atoms with Gasteiger partial charge in [0.2, 0.25) is 16.0 Å². The lowest BCUT2D eigenvalue weighted by atomic mass is 10.1. The fraction of sp³-hybridized carbons (Fsp3) is 0.667. The van der Waals surface area contributed by atoms with E-state index in [9.17, 15) is 8.42 Å². The van der Waals surface area contributed by atoms with Crippen LogP contribution in [0.4, 0.5) is 5.95 Å². The Morgan fingerprint density at radius 1 is 1.46 bits per heavy atom. The van der Waals surface area contributed by atoms with Crippen LogP contribution in [0, 0.1) is 5.92 Å². The molecule has 9 nitrogen and oxygen atoms in total. The van der Waals surface area contributed by atoms with Crippen molar-refractivity contribution in [3.05, 3.63) is 17.2 Å². The molecule has 0 bridgehead atoms. The van der Waals surface area contributed by atoms with Crippen LogP contribution in [0.2, 0.25) is 5.15 Å². The highest BCUT2D eigenvalue weighted by molar-refractivity contribution is 7.88. The third kappa shape index (κ3) is 5.50. The van der Waals surface area contributed by atoms with Crippen LogP contribution in [0.15, 0.2) is 6.20 Å². The molecule has 2 aromatic heterocycles. The molecule has 0 radical (unpaired) electrons. The van der Waals surface area contributed by atoms with Gasteiger partial charge in [0.25, 0.3) is 0 Å². The normalized spacial score (nSPS) is 18.8. The molecule has 1 atom stereocenters. The van der Waals surface area contributed by atoms with Gasteiger partial charge in [-0.2, -0.15) is 4.31 Å². The molecule has 0 aromatic carbocycles. The number of sulfonamides is 1. The molecule has 0 aliphatic carbocycles. The van der Waals surface area contributed by atoms with Crippen molar-refractivity contribution in [1.29, 1.82) is 0 Å². The Morgan fingerprint density at radius 2 is 2.15 bits per heavy atom. The van der Waals surface area contributed by atoms with Gasteiger partial charge in [-0.1, -0.05) is 25.4 Å². The highest BCUT2D eigenvalue weighted by Crippen LogP contribution is 2.18. The summed E-state index contributed by atoms with van der Waals surface area (Å²) in [6.07, 6.45) is 4.57. The first-order valence-corrected chi connectivity index (χ1v) is 10.6. The van der Waals surface area contributed by atoms with Crippen LogP contribution in [0.25, 0.3) is 5.52 Å². The van der Waals surface area contributed by atoms with Gasteiger partial charge in [0.05, 0.1) is 18.6 Å². The molecule has 11 heteroatoms. The number of nitrogen functional groups attached to an aromatic ring is 1. The number of nitrogens with two attached hydrogens (primary N) is 1. The third-order valence-corrected chi connectivity index (χ3v) is 5.40. The average molecular weight is 405 g/mol. The largest absolute Gasteiger partial charge is 0.392 e. The summed E-state index contributed by atoms with van der Waals surface area (Å²) in [4.78, 5) is 8.12. The lowest BCUT2D eigenvalue weighted by molar-refractivity contribution is 0.108. The van der Waals surface area contributed by atoms with Gasteiger partial charge in [0.15, 0.2) is 5.15 Å². The van der Waals surface area contributed by atoms with Crippen molar-refractivity contribution in [3.63, 3.8) is 0 Å². The van der Waals surface area contributed by atoms with Crippen molar-refractivity contribution >= 4 is 33.1 Å². The second kappa shape index (κ2) is 8.47. The molecule has 3 N–H and O–H groups in total. The number of halogens is 1. The Kier molecular flexibility index (Phi) is 6.78. The monoisotopic (exact) mass is 404 g/mol. The molecule has 1 saturated heterocycles. The molecular formula is C15H25ClN6O3S. The Hall–Kier alpha value is -1.49. The fourth-order valence-electron chi connectivity index (χ4n) is 2.64. The summed E-state index contributed by atoms with van der Waals surface area (Å²) < 4.78 is 24.9. The lowest BCUT2D eigenvalue weighted by Crippen LogP contribution is -2.41. The Bertz CT molecular complexity index is 854. The summed E-state index contributed by atoms with van der Waals surface area (Å²) in [5.74, 6) is 1.53. The van der Waals surface area contributed by atoms with Crippen LogP contribution >= 0.6 is 11.6 Å². The number of fused-ring (bicyclic) bond motifs is 1. The van der Waals surface area contributed by atoms with Crippen molar-refractivity contribution in [2.75, 3.05) is 25.1 Å². The molecule has 146 valence electrons. The van der Waals surface area contributed by atoms with Gasteiger partial charge in [-0.3, -0.25) is 0 Å². The number of aliphatic hydroxyl groups excluding tert-OH is 1. The van der Waals surface area contributed by atoms with Crippen LogP contribution in [0.1, 0.15) is 32.5 Å². The molecule has 1 aliphatic heterocycles. The Labute approximate surface area is 158 Å². The van der Waals surface area contributed by atoms with Gasteiger partial charge < -0.3 is 10.8 Å². The van der Waals surface area contributed by atoms with E-state index in [-0.39, 0.29) is 12.5 Å². The van der Waals surface area contributed by atoms with E-state index >= 15 is 0 Å². The van der Waals surface area contributed by atoms with Gasteiger partial charge in [-0.15, -0.1) is 5.10 Å². The van der Waals surface area contributed by atoms with Crippen molar-refractivity contribution in [3.8, 4) is 0 Å². The number of rotatable bonds is 3. The fourth-order valence-corrected chi connectivity index (χ4v) is 3.77. The maximum absolute atomic E-state index is 10.9. The van der Waals surface area contributed by atoms with Gasteiger partial charge >= 0.3 is 0 Å². The van der Waals surface area contributed by atoms with Crippen LogP contribution < -0.4 is 5.73 Å². The second-order valence-electron chi connectivity index (χ2n) is 6.75.